The summed E-state index contributed by atoms with van der Waals surface area (Å²) in [5, 5.41) is 0. The summed E-state index contributed by atoms with van der Waals surface area (Å²) in [4.78, 5) is 4.20. The Kier molecular flexibility index (Phi) is 1.01. The molecule has 9 heavy (non-hydrogen) atoms. The molecule has 1 radical (unpaired) electrons. The van der Waals surface area contributed by atoms with E-state index in [0.29, 0.717) is 0 Å². The number of hydrogen-bond donors (Lipinski definition) is 0. The van der Waals surface area contributed by atoms with Crippen molar-refractivity contribution in [1.82, 2.24) is 4.98 Å². The lowest BCUT2D eigenvalue weighted by Crippen LogP contribution is -1.81. The van der Waals surface area contributed by atoms with Crippen LogP contribution in [0.3, 0.4) is 0 Å². The molecule has 0 bridgehead atoms. The second-order valence-electron chi connectivity index (χ2n) is 2.32. The Morgan fingerprint density at radius 3 is 2.67 bits per heavy atom. The van der Waals surface area contributed by atoms with Gasteiger partial charge in [-0.1, -0.05) is 6.07 Å². The fraction of sp³-hybridized carbons (Fsp3) is 0.250. The van der Waals surface area contributed by atoms with Crippen LogP contribution in [0, 0.1) is 5.92 Å². The van der Waals surface area contributed by atoms with Gasteiger partial charge < -0.3 is 0 Å². The fourth-order valence-corrected chi connectivity index (χ4v) is 0.891. The van der Waals surface area contributed by atoms with E-state index in [1.807, 2.05) is 18.3 Å². The van der Waals surface area contributed by atoms with Gasteiger partial charge in [0.2, 0.25) is 0 Å². The van der Waals surface area contributed by atoms with Crippen LogP contribution in [0.5, 0.6) is 0 Å². The summed E-state index contributed by atoms with van der Waals surface area (Å²) in [5.74, 6) is 1.51. The van der Waals surface area contributed by atoms with Crippen molar-refractivity contribution in [3.05, 3.63) is 36.0 Å². The van der Waals surface area contributed by atoms with E-state index in [1.54, 1.807) is 0 Å². The SMILES string of the molecule is c1ccc([C]2CC2)nc1. The van der Waals surface area contributed by atoms with Gasteiger partial charge in [-0.3, -0.25) is 4.98 Å². The highest BCUT2D eigenvalue weighted by Crippen LogP contribution is 2.37. The Hall–Kier alpha value is -0.850. The van der Waals surface area contributed by atoms with Crippen molar-refractivity contribution in [3.63, 3.8) is 0 Å². The summed E-state index contributed by atoms with van der Waals surface area (Å²) < 4.78 is 0. The molecule has 0 spiro atoms. The predicted octanol–water partition coefficient (Wildman–Crippen LogP) is 1.80. The molecule has 1 fully saturated rings. The van der Waals surface area contributed by atoms with E-state index >= 15 is 0 Å². The first-order valence-corrected chi connectivity index (χ1v) is 3.23. The van der Waals surface area contributed by atoms with Crippen molar-refractivity contribution >= 4 is 0 Å². The second-order valence-corrected chi connectivity index (χ2v) is 2.32. The minimum Gasteiger partial charge on any atom is -0.261 e. The fourth-order valence-electron chi connectivity index (χ4n) is 0.891. The number of pyridine rings is 1. The molecule has 0 aromatic carbocycles. The van der Waals surface area contributed by atoms with Crippen molar-refractivity contribution in [2.45, 2.75) is 12.8 Å². The smallest absolute Gasteiger partial charge is 0.0474 e. The van der Waals surface area contributed by atoms with Crippen molar-refractivity contribution in [1.29, 1.82) is 0 Å². The van der Waals surface area contributed by atoms with E-state index in [2.05, 4.69) is 11.1 Å². The lowest BCUT2D eigenvalue weighted by molar-refractivity contribution is 1.19. The maximum absolute atomic E-state index is 4.20. The summed E-state index contributed by atoms with van der Waals surface area (Å²) in [7, 11) is 0. The van der Waals surface area contributed by atoms with E-state index < -0.39 is 0 Å². The van der Waals surface area contributed by atoms with Gasteiger partial charge >= 0.3 is 0 Å². The van der Waals surface area contributed by atoms with Crippen LogP contribution >= 0.6 is 0 Å². The van der Waals surface area contributed by atoms with Gasteiger partial charge in [0.05, 0.1) is 0 Å². The molecule has 45 valence electrons. The van der Waals surface area contributed by atoms with Crippen LogP contribution in [0.25, 0.3) is 0 Å². The van der Waals surface area contributed by atoms with Gasteiger partial charge in [0, 0.05) is 17.8 Å². The van der Waals surface area contributed by atoms with E-state index in [0.717, 1.165) is 0 Å². The highest BCUT2D eigenvalue weighted by molar-refractivity contribution is 5.30. The number of rotatable bonds is 1. The monoisotopic (exact) mass is 118 g/mol. The van der Waals surface area contributed by atoms with Crippen LogP contribution in [-0.2, 0) is 0 Å². The van der Waals surface area contributed by atoms with Gasteiger partial charge in [-0.2, -0.15) is 0 Å². The second kappa shape index (κ2) is 1.83. The number of hydrogen-bond acceptors (Lipinski definition) is 1. The molecule has 1 aromatic heterocycles. The largest absolute Gasteiger partial charge is 0.261 e. The van der Waals surface area contributed by atoms with Gasteiger partial charge in [-0.15, -0.1) is 0 Å². The molecule has 1 aliphatic carbocycles. The van der Waals surface area contributed by atoms with Gasteiger partial charge in [0.1, 0.15) is 0 Å². The molecule has 0 atom stereocenters. The maximum atomic E-state index is 4.20. The number of nitrogens with zero attached hydrogens (tertiary/aromatic N) is 1. The zero-order valence-electron chi connectivity index (χ0n) is 5.17. The van der Waals surface area contributed by atoms with Crippen LogP contribution in [0.1, 0.15) is 18.5 Å². The Balaban J connectivity index is 2.29. The van der Waals surface area contributed by atoms with E-state index in [1.165, 1.54) is 24.5 Å². The molecule has 1 heteroatoms. The highest BCUT2D eigenvalue weighted by atomic mass is 14.7. The molecule has 0 aliphatic heterocycles. The Morgan fingerprint density at radius 2 is 2.11 bits per heavy atom. The lowest BCUT2D eigenvalue weighted by Gasteiger charge is -1.90. The Bertz CT molecular complexity index is 189. The van der Waals surface area contributed by atoms with E-state index in [9.17, 15) is 0 Å². The van der Waals surface area contributed by atoms with Gasteiger partial charge in [-0.25, -0.2) is 0 Å². The van der Waals surface area contributed by atoms with Crippen LogP contribution in [0.15, 0.2) is 24.4 Å². The zero-order chi connectivity index (χ0) is 6.10. The summed E-state index contributed by atoms with van der Waals surface area (Å²) in [6.07, 6.45) is 4.37. The molecule has 1 aromatic rings. The minimum absolute atomic E-state index is 1.19. The first-order chi connectivity index (χ1) is 4.47. The first kappa shape index (κ1) is 4.98. The van der Waals surface area contributed by atoms with E-state index in [-0.39, 0.29) is 0 Å². The molecule has 1 heterocycles. The van der Waals surface area contributed by atoms with Gasteiger partial charge in [-0.05, 0) is 25.0 Å². The summed E-state index contributed by atoms with van der Waals surface area (Å²) in [6, 6.07) is 6.06. The first-order valence-electron chi connectivity index (χ1n) is 3.23. The molecule has 0 unspecified atom stereocenters. The third-order valence-corrected chi connectivity index (χ3v) is 1.53. The van der Waals surface area contributed by atoms with Crippen LogP contribution in [0.2, 0.25) is 0 Å². The van der Waals surface area contributed by atoms with Crippen LogP contribution < -0.4 is 0 Å². The van der Waals surface area contributed by atoms with Crippen molar-refractivity contribution in [2.75, 3.05) is 0 Å². The highest BCUT2D eigenvalue weighted by Gasteiger charge is 2.24. The topological polar surface area (TPSA) is 12.9 Å². The van der Waals surface area contributed by atoms with Crippen molar-refractivity contribution < 1.29 is 0 Å². The third kappa shape index (κ3) is 0.947. The Morgan fingerprint density at radius 1 is 1.22 bits per heavy atom. The summed E-state index contributed by atoms with van der Waals surface area (Å²) >= 11 is 0. The molecule has 2 rings (SSSR count). The maximum Gasteiger partial charge on any atom is 0.0474 e. The zero-order valence-corrected chi connectivity index (χ0v) is 5.17. The molecular formula is C8H8N. The summed E-state index contributed by atoms with van der Waals surface area (Å²) in [6.45, 7) is 0. The molecule has 1 aliphatic rings. The van der Waals surface area contributed by atoms with Crippen molar-refractivity contribution in [2.24, 2.45) is 0 Å². The molecule has 0 amide bonds. The average Bonchev–Trinajstić information content (AvgIpc) is 2.71. The number of aromatic nitrogens is 1. The molecule has 0 N–H and O–H groups in total. The lowest BCUT2D eigenvalue weighted by atomic mass is 10.3. The summed E-state index contributed by atoms with van der Waals surface area (Å²) in [5.41, 5.74) is 1.19. The molecule has 1 nitrogen and oxygen atoms in total. The molecule has 0 saturated heterocycles. The van der Waals surface area contributed by atoms with Gasteiger partial charge in [0.15, 0.2) is 0 Å². The normalized spacial score (nSPS) is 17.8. The van der Waals surface area contributed by atoms with Crippen molar-refractivity contribution in [3.8, 4) is 0 Å². The van der Waals surface area contributed by atoms with Crippen LogP contribution in [-0.4, -0.2) is 4.98 Å². The van der Waals surface area contributed by atoms with E-state index in [4.69, 9.17) is 0 Å². The average molecular weight is 118 g/mol. The molecular weight excluding hydrogens is 110 g/mol. The third-order valence-electron chi connectivity index (χ3n) is 1.53. The quantitative estimate of drug-likeness (QED) is 0.548. The van der Waals surface area contributed by atoms with Gasteiger partial charge in [0.25, 0.3) is 0 Å². The van der Waals surface area contributed by atoms with Crippen LogP contribution in [0.4, 0.5) is 0 Å². The minimum atomic E-state index is 1.19. The predicted molar refractivity (Wildman–Crippen MR) is 35.8 cm³/mol. The molecule has 1 saturated carbocycles. The Labute approximate surface area is 54.7 Å². The standard InChI is InChI=1S/C8H8N/c1-2-6-9-8(3-1)7-4-5-7/h1-3,6H,4-5H2.